The smallest absolute Gasteiger partial charge is 0.270 e. The average molecular weight is 219 g/mol. The number of rotatable bonds is 3. The second-order valence-corrected chi connectivity index (χ2v) is 3.22. The number of aromatic amines is 1. The molecule has 1 heterocycles. The van der Waals surface area contributed by atoms with Crippen molar-refractivity contribution in [3.63, 3.8) is 0 Å². The van der Waals surface area contributed by atoms with Crippen LogP contribution in [0, 0.1) is 10.1 Å². The van der Waals surface area contributed by atoms with E-state index in [1.807, 2.05) is 0 Å². The van der Waals surface area contributed by atoms with Crippen LogP contribution in [0.15, 0.2) is 30.5 Å². The van der Waals surface area contributed by atoms with Gasteiger partial charge in [0.1, 0.15) is 5.82 Å². The first-order valence-electron chi connectivity index (χ1n) is 4.60. The van der Waals surface area contributed by atoms with Crippen LogP contribution >= 0.6 is 0 Å². The number of hydrogen-bond acceptors (Lipinski definition) is 4. The zero-order chi connectivity index (χ0) is 11.5. The maximum atomic E-state index is 10.6. The van der Waals surface area contributed by atoms with E-state index in [2.05, 4.69) is 9.97 Å². The molecular formula is C10H9N3O3. The molecule has 82 valence electrons. The number of imidazole rings is 1. The minimum absolute atomic E-state index is 0.0134. The fraction of sp³-hybridized carbons (Fsp3) is 0.100. The highest BCUT2D eigenvalue weighted by Crippen LogP contribution is 2.21. The summed E-state index contributed by atoms with van der Waals surface area (Å²) < 4.78 is 0. The summed E-state index contributed by atoms with van der Waals surface area (Å²) in [5, 5.41) is 19.4. The summed E-state index contributed by atoms with van der Waals surface area (Å²) in [6.45, 7) is -0.137. The molecule has 2 rings (SSSR count). The zero-order valence-corrected chi connectivity index (χ0v) is 8.25. The van der Waals surface area contributed by atoms with E-state index in [1.54, 1.807) is 12.1 Å². The number of hydrogen-bond donors (Lipinski definition) is 2. The number of H-pyrrole nitrogens is 1. The second-order valence-electron chi connectivity index (χ2n) is 3.22. The lowest BCUT2D eigenvalue weighted by atomic mass is 10.2. The Morgan fingerprint density at radius 3 is 2.94 bits per heavy atom. The molecule has 0 atom stereocenters. The standard InChI is InChI=1S/C10H9N3O3/c14-6-8-5-11-10(12-8)7-2-1-3-9(4-7)13(15)16/h1-5,14H,6H2,(H,11,12). The monoisotopic (exact) mass is 219 g/mol. The van der Waals surface area contributed by atoms with Crippen molar-refractivity contribution in [2.75, 3.05) is 0 Å². The molecule has 0 radical (unpaired) electrons. The van der Waals surface area contributed by atoms with Gasteiger partial charge in [-0.15, -0.1) is 0 Å². The molecule has 1 aromatic carbocycles. The summed E-state index contributed by atoms with van der Waals surface area (Å²) in [7, 11) is 0. The molecule has 0 aliphatic carbocycles. The van der Waals surface area contributed by atoms with Gasteiger partial charge in [-0.1, -0.05) is 12.1 Å². The first-order valence-corrected chi connectivity index (χ1v) is 4.60. The fourth-order valence-corrected chi connectivity index (χ4v) is 1.35. The van der Waals surface area contributed by atoms with Crippen molar-refractivity contribution in [2.24, 2.45) is 0 Å². The number of aliphatic hydroxyl groups excluding tert-OH is 1. The molecule has 0 bridgehead atoms. The summed E-state index contributed by atoms with van der Waals surface area (Å²) in [6.07, 6.45) is 1.49. The van der Waals surface area contributed by atoms with Gasteiger partial charge in [-0.2, -0.15) is 0 Å². The van der Waals surface area contributed by atoms with Crippen LogP contribution in [0.5, 0.6) is 0 Å². The molecule has 2 aromatic rings. The minimum Gasteiger partial charge on any atom is -0.390 e. The maximum absolute atomic E-state index is 10.6. The van der Waals surface area contributed by atoms with E-state index in [4.69, 9.17) is 5.11 Å². The Morgan fingerprint density at radius 1 is 1.50 bits per heavy atom. The number of nitrogens with one attached hydrogen (secondary N) is 1. The lowest BCUT2D eigenvalue weighted by molar-refractivity contribution is -0.384. The van der Waals surface area contributed by atoms with Crippen molar-refractivity contribution in [1.82, 2.24) is 9.97 Å². The molecule has 0 saturated carbocycles. The van der Waals surface area contributed by atoms with Gasteiger partial charge >= 0.3 is 0 Å². The summed E-state index contributed by atoms with van der Waals surface area (Å²) in [4.78, 5) is 17.0. The molecule has 0 saturated heterocycles. The molecule has 0 unspecified atom stereocenters. The fourth-order valence-electron chi connectivity index (χ4n) is 1.35. The number of aromatic nitrogens is 2. The number of non-ortho nitro benzene ring substituents is 1. The van der Waals surface area contributed by atoms with Crippen LogP contribution in [-0.4, -0.2) is 20.0 Å². The van der Waals surface area contributed by atoms with Gasteiger partial charge in [0.25, 0.3) is 5.69 Å². The Kier molecular flexibility index (Phi) is 2.65. The minimum atomic E-state index is -0.459. The van der Waals surface area contributed by atoms with Crippen LogP contribution in [-0.2, 0) is 6.61 Å². The van der Waals surface area contributed by atoms with Crippen molar-refractivity contribution < 1.29 is 10.0 Å². The Morgan fingerprint density at radius 2 is 2.31 bits per heavy atom. The van der Waals surface area contributed by atoms with Crippen LogP contribution in [0.1, 0.15) is 5.69 Å². The van der Waals surface area contributed by atoms with E-state index in [0.29, 0.717) is 17.1 Å². The molecule has 2 N–H and O–H groups in total. The summed E-state index contributed by atoms with van der Waals surface area (Å²) in [5.74, 6) is 0.507. The van der Waals surface area contributed by atoms with Crippen LogP contribution in [0.2, 0.25) is 0 Å². The quantitative estimate of drug-likeness (QED) is 0.604. The lowest BCUT2D eigenvalue weighted by Crippen LogP contribution is -1.89. The number of nitro groups is 1. The van der Waals surface area contributed by atoms with Gasteiger partial charge in [-0.3, -0.25) is 10.1 Å². The van der Waals surface area contributed by atoms with Gasteiger partial charge in [0.05, 0.1) is 23.4 Å². The molecule has 16 heavy (non-hydrogen) atoms. The number of nitro benzene ring substituents is 1. The van der Waals surface area contributed by atoms with E-state index in [0.717, 1.165) is 0 Å². The lowest BCUT2D eigenvalue weighted by Gasteiger charge is -1.96. The van der Waals surface area contributed by atoms with Gasteiger partial charge in [0.2, 0.25) is 0 Å². The predicted molar refractivity (Wildman–Crippen MR) is 56.6 cm³/mol. The van der Waals surface area contributed by atoms with Gasteiger partial charge in [0.15, 0.2) is 0 Å². The average Bonchev–Trinajstić information content (AvgIpc) is 2.77. The molecule has 1 aromatic heterocycles. The largest absolute Gasteiger partial charge is 0.390 e. The highest BCUT2D eigenvalue weighted by molar-refractivity contribution is 5.59. The highest BCUT2D eigenvalue weighted by atomic mass is 16.6. The number of nitrogens with zero attached hydrogens (tertiary/aromatic N) is 2. The molecule has 0 amide bonds. The van der Waals surface area contributed by atoms with Gasteiger partial charge < -0.3 is 10.1 Å². The summed E-state index contributed by atoms with van der Waals surface area (Å²) >= 11 is 0. The first kappa shape index (κ1) is 10.3. The normalized spacial score (nSPS) is 10.3. The van der Waals surface area contributed by atoms with Crippen LogP contribution < -0.4 is 0 Å². The molecule has 0 aliphatic heterocycles. The molecule has 0 fully saturated rings. The third-order valence-corrected chi connectivity index (χ3v) is 2.13. The molecular weight excluding hydrogens is 210 g/mol. The van der Waals surface area contributed by atoms with E-state index in [-0.39, 0.29) is 12.3 Å². The molecule has 6 nitrogen and oxygen atoms in total. The topological polar surface area (TPSA) is 92.1 Å². The van der Waals surface area contributed by atoms with Gasteiger partial charge in [-0.05, 0) is 0 Å². The first-order chi connectivity index (χ1) is 7.70. The Hall–Kier alpha value is -2.21. The van der Waals surface area contributed by atoms with Crippen molar-refractivity contribution in [1.29, 1.82) is 0 Å². The second kappa shape index (κ2) is 4.11. The zero-order valence-electron chi connectivity index (χ0n) is 8.25. The van der Waals surface area contributed by atoms with Crippen LogP contribution in [0.25, 0.3) is 11.4 Å². The van der Waals surface area contributed by atoms with Gasteiger partial charge in [0, 0.05) is 17.7 Å². The number of benzene rings is 1. The molecule has 6 heteroatoms. The molecule has 0 aliphatic rings. The Balaban J connectivity index is 2.40. The van der Waals surface area contributed by atoms with E-state index >= 15 is 0 Å². The Labute approximate surface area is 90.7 Å². The Bertz CT molecular complexity index is 522. The third kappa shape index (κ3) is 1.91. The van der Waals surface area contributed by atoms with Crippen LogP contribution in [0.4, 0.5) is 5.69 Å². The van der Waals surface area contributed by atoms with E-state index in [1.165, 1.54) is 18.3 Å². The predicted octanol–water partition coefficient (Wildman–Crippen LogP) is 1.48. The third-order valence-electron chi connectivity index (χ3n) is 2.13. The molecule has 0 spiro atoms. The summed E-state index contributed by atoms with van der Waals surface area (Å²) in [5.41, 5.74) is 1.20. The highest BCUT2D eigenvalue weighted by Gasteiger charge is 2.09. The van der Waals surface area contributed by atoms with E-state index < -0.39 is 4.92 Å². The van der Waals surface area contributed by atoms with E-state index in [9.17, 15) is 10.1 Å². The van der Waals surface area contributed by atoms with Crippen molar-refractivity contribution >= 4 is 5.69 Å². The van der Waals surface area contributed by atoms with Crippen LogP contribution in [0.3, 0.4) is 0 Å². The van der Waals surface area contributed by atoms with Crippen molar-refractivity contribution in [3.05, 3.63) is 46.3 Å². The number of aliphatic hydroxyl groups is 1. The van der Waals surface area contributed by atoms with Gasteiger partial charge in [-0.25, -0.2) is 4.98 Å². The SMILES string of the molecule is O=[N+]([O-])c1cccc(-c2ncc(CO)[nH]2)c1. The van der Waals surface area contributed by atoms with Crippen molar-refractivity contribution in [3.8, 4) is 11.4 Å². The summed E-state index contributed by atoms with van der Waals surface area (Å²) in [6, 6.07) is 6.15. The maximum Gasteiger partial charge on any atom is 0.270 e. The van der Waals surface area contributed by atoms with Crippen molar-refractivity contribution in [2.45, 2.75) is 6.61 Å².